The molecule has 0 aliphatic carbocycles. The molecule has 3 N–H and O–H groups in total. The van der Waals surface area contributed by atoms with Gasteiger partial charge < -0.3 is 15.8 Å². The first kappa shape index (κ1) is 13.8. The molecule has 17 heavy (non-hydrogen) atoms. The molecule has 3 heteroatoms. The molecule has 3 nitrogen and oxygen atoms in total. The SMILES string of the molecule is COc1c(NCCN)cc(C)cc1C(C)(C)C. The van der Waals surface area contributed by atoms with Gasteiger partial charge in [-0.05, 0) is 24.0 Å². The molecule has 0 aromatic heterocycles. The number of hydrogen-bond donors (Lipinski definition) is 2. The van der Waals surface area contributed by atoms with E-state index in [9.17, 15) is 0 Å². The average molecular weight is 236 g/mol. The molecule has 96 valence electrons. The minimum absolute atomic E-state index is 0.0660. The summed E-state index contributed by atoms with van der Waals surface area (Å²) in [5.41, 5.74) is 9.08. The van der Waals surface area contributed by atoms with E-state index in [2.05, 4.69) is 45.1 Å². The predicted molar refractivity (Wildman–Crippen MR) is 74.0 cm³/mol. The van der Waals surface area contributed by atoms with Crippen LogP contribution < -0.4 is 15.8 Å². The number of benzene rings is 1. The first-order valence-corrected chi connectivity index (χ1v) is 6.03. The number of aryl methyl sites for hydroxylation is 1. The monoisotopic (exact) mass is 236 g/mol. The van der Waals surface area contributed by atoms with E-state index < -0.39 is 0 Å². The molecule has 1 rings (SSSR count). The Kier molecular flexibility index (Phi) is 4.40. The molecule has 0 bridgehead atoms. The Balaban J connectivity index is 3.25. The van der Waals surface area contributed by atoms with Crippen LogP contribution in [0, 0.1) is 6.92 Å². The first-order chi connectivity index (χ1) is 7.90. The fraction of sp³-hybridized carbons (Fsp3) is 0.571. The Labute approximate surface area is 104 Å². The van der Waals surface area contributed by atoms with Crippen molar-refractivity contribution in [2.24, 2.45) is 5.73 Å². The molecule has 0 saturated heterocycles. The zero-order valence-electron chi connectivity index (χ0n) is 11.6. The van der Waals surface area contributed by atoms with Crippen molar-refractivity contribution in [3.05, 3.63) is 23.3 Å². The van der Waals surface area contributed by atoms with Gasteiger partial charge in [0.05, 0.1) is 12.8 Å². The van der Waals surface area contributed by atoms with Crippen molar-refractivity contribution in [2.75, 3.05) is 25.5 Å². The Morgan fingerprint density at radius 2 is 1.94 bits per heavy atom. The summed E-state index contributed by atoms with van der Waals surface area (Å²) in [4.78, 5) is 0. The fourth-order valence-electron chi connectivity index (χ4n) is 1.89. The van der Waals surface area contributed by atoms with Gasteiger partial charge in [0.1, 0.15) is 5.75 Å². The van der Waals surface area contributed by atoms with Crippen molar-refractivity contribution >= 4 is 5.69 Å². The molecule has 0 aliphatic heterocycles. The van der Waals surface area contributed by atoms with Crippen molar-refractivity contribution in [3.63, 3.8) is 0 Å². The predicted octanol–water partition coefficient (Wildman–Crippen LogP) is 2.67. The summed E-state index contributed by atoms with van der Waals surface area (Å²) in [5.74, 6) is 0.927. The second-order valence-electron chi connectivity index (χ2n) is 5.36. The summed E-state index contributed by atoms with van der Waals surface area (Å²) < 4.78 is 5.55. The maximum absolute atomic E-state index is 5.55. The molecule has 0 fully saturated rings. The Morgan fingerprint density at radius 1 is 1.29 bits per heavy atom. The molecule has 0 aliphatic rings. The number of rotatable bonds is 4. The van der Waals surface area contributed by atoms with Crippen LogP contribution >= 0.6 is 0 Å². The summed E-state index contributed by atoms with van der Waals surface area (Å²) in [6, 6.07) is 4.29. The maximum atomic E-state index is 5.55. The highest BCUT2D eigenvalue weighted by molar-refractivity contribution is 5.63. The molecule has 1 aromatic rings. The zero-order valence-corrected chi connectivity index (χ0v) is 11.6. The molecule has 0 amide bonds. The molecule has 0 unspecified atom stereocenters. The van der Waals surface area contributed by atoms with Crippen LogP contribution in [0.15, 0.2) is 12.1 Å². The van der Waals surface area contributed by atoms with Crippen molar-refractivity contribution < 1.29 is 4.74 Å². The van der Waals surface area contributed by atoms with E-state index in [1.165, 1.54) is 11.1 Å². The van der Waals surface area contributed by atoms with Crippen LogP contribution in [0.2, 0.25) is 0 Å². The summed E-state index contributed by atoms with van der Waals surface area (Å²) >= 11 is 0. The van der Waals surface area contributed by atoms with Gasteiger partial charge in [0.2, 0.25) is 0 Å². The van der Waals surface area contributed by atoms with E-state index in [4.69, 9.17) is 10.5 Å². The van der Waals surface area contributed by atoms with Crippen LogP contribution in [-0.2, 0) is 5.41 Å². The van der Waals surface area contributed by atoms with Crippen molar-refractivity contribution in [1.29, 1.82) is 0 Å². The lowest BCUT2D eigenvalue weighted by molar-refractivity contribution is 0.399. The van der Waals surface area contributed by atoms with Gasteiger partial charge in [0, 0.05) is 18.7 Å². The Morgan fingerprint density at radius 3 is 2.41 bits per heavy atom. The van der Waals surface area contributed by atoms with Gasteiger partial charge >= 0.3 is 0 Å². The quantitative estimate of drug-likeness (QED) is 0.845. The lowest BCUT2D eigenvalue weighted by atomic mass is 9.85. The average Bonchev–Trinajstić information content (AvgIpc) is 2.24. The number of anilines is 1. The number of ether oxygens (including phenoxy) is 1. The lowest BCUT2D eigenvalue weighted by Gasteiger charge is -2.25. The molecule has 0 spiro atoms. The highest BCUT2D eigenvalue weighted by Crippen LogP contribution is 2.37. The van der Waals surface area contributed by atoms with E-state index in [-0.39, 0.29) is 5.41 Å². The molecule has 1 aromatic carbocycles. The topological polar surface area (TPSA) is 47.3 Å². The van der Waals surface area contributed by atoms with E-state index in [0.29, 0.717) is 6.54 Å². The van der Waals surface area contributed by atoms with Crippen LogP contribution in [0.3, 0.4) is 0 Å². The van der Waals surface area contributed by atoms with Gasteiger partial charge in [-0.3, -0.25) is 0 Å². The fourth-order valence-corrected chi connectivity index (χ4v) is 1.89. The first-order valence-electron chi connectivity index (χ1n) is 6.03. The standard InChI is InChI=1S/C14H24N2O/c1-10-8-11(14(2,3)4)13(17-5)12(9-10)16-7-6-15/h8-9,16H,6-7,15H2,1-5H3. The minimum atomic E-state index is 0.0660. The van der Waals surface area contributed by atoms with Crippen LogP contribution in [0.5, 0.6) is 5.75 Å². The minimum Gasteiger partial charge on any atom is -0.494 e. The molecular weight excluding hydrogens is 212 g/mol. The molecular formula is C14H24N2O. The third kappa shape index (κ3) is 3.37. The maximum Gasteiger partial charge on any atom is 0.145 e. The van der Waals surface area contributed by atoms with Crippen molar-refractivity contribution in [3.8, 4) is 5.75 Å². The lowest BCUT2D eigenvalue weighted by Crippen LogP contribution is -2.17. The molecule has 0 atom stereocenters. The molecule has 0 saturated carbocycles. The van der Waals surface area contributed by atoms with E-state index in [0.717, 1.165) is 18.0 Å². The summed E-state index contributed by atoms with van der Waals surface area (Å²) in [7, 11) is 1.72. The second kappa shape index (κ2) is 5.41. The van der Waals surface area contributed by atoms with Gasteiger partial charge in [-0.1, -0.05) is 26.8 Å². The Bertz CT molecular complexity index is 381. The zero-order chi connectivity index (χ0) is 13.1. The van der Waals surface area contributed by atoms with E-state index >= 15 is 0 Å². The summed E-state index contributed by atoms with van der Waals surface area (Å²) in [6.07, 6.45) is 0. The van der Waals surface area contributed by atoms with Gasteiger partial charge in [-0.25, -0.2) is 0 Å². The van der Waals surface area contributed by atoms with Gasteiger partial charge in [0.15, 0.2) is 0 Å². The highest BCUT2D eigenvalue weighted by atomic mass is 16.5. The van der Waals surface area contributed by atoms with Gasteiger partial charge in [-0.2, -0.15) is 0 Å². The Hall–Kier alpha value is -1.22. The van der Waals surface area contributed by atoms with Gasteiger partial charge in [-0.15, -0.1) is 0 Å². The summed E-state index contributed by atoms with van der Waals surface area (Å²) in [5, 5.41) is 3.32. The van der Waals surface area contributed by atoms with E-state index in [1.54, 1.807) is 7.11 Å². The number of hydrogen-bond acceptors (Lipinski definition) is 3. The highest BCUT2D eigenvalue weighted by Gasteiger charge is 2.21. The third-order valence-corrected chi connectivity index (χ3v) is 2.71. The second-order valence-corrected chi connectivity index (χ2v) is 5.36. The smallest absolute Gasteiger partial charge is 0.145 e. The summed E-state index contributed by atoms with van der Waals surface area (Å²) in [6.45, 7) is 10.0. The number of methoxy groups -OCH3 is 1. The van der Waals surface area contributed by atoms with Crippen molar-refractivity contribution in [2.45, 2.75) is 33.1 Å². The van der Waals surface area contributed by atoms with Crippen LogP contribution in [0.1, 0.15) is 31.9 Å². The third-order valence-electron chi connectivity index (χ3n) is 2.71. The number of nitrogens with two attached hydrogens (primary N) is 1. The van der Waals surface area contributed by atoms with E-state index in [1.807, 2.05) is 0 Å². The van der Waals surface area contributed by atoms with Crippen LogP contribution in [-0.4, -0.2) is 20.2 Å². The molecule has 0 radical (unpaired) electrons. The number of nitrogens with one attached hydrogen (secondary N) is 1. The largest absolute Gasteiger partial charge is 0.494 e. The molecule has 0 heterocycles. The normalized spacial score (nSPS) is 11.4. The van der Waals surface area contributed by atoms with Crippen LogP contribution in [0.4, 0.5) is 5.69 Å². The van der Waals surface area contributed by atoms with Crippen LogP contribution in [0.25, 0.3) is 0 Å². The van der Waals surface area contributed by atoms with Gasteiger partial charge in [0.25, 0.3) is 0 Å². The van der Waals surface area contributed by atoms with Crippen molar-refractivity contribution in [1.82, 2.24) is 0 Å².